The lowest BCUT2D eigenvalue weighted by Gasteiger charge is -2.18. The van der Waals surface area contributed by atoms with Gasteiger partial charge in [-0.05, 0) is 30.5 Å². The van der Waals surface area contributed by atoms with Crippen LogP contribution in [0.4, 0.5) is 8.78 Å². The number of aliphatic carboxylic acids is 1. The standard InChI is InChI=1S/C17H17F2NO4/c1-10(2)7-14(17(22)23)20-6-5-12(9-16(20)21)24-15-4-3-11(18)8-13(15)19/h3-6,8-10,14H,7H2,1-2H3,(H,22,23). The molecule has 1 heterocycles. The van der Waals surface area contributed by atoms with Crippen molar-refractivity contribution >= 4 is 5.97 Å². The lowest BCUT2D eigenvalue weighted by Crippen LogP contribution is -2.30. The fraction of sp³-hybridized carbons (Fsp3) is 0.294. The molecule has 1 N–H and O–H groups in total. The molecule has 0 saturated carbocycles. The molecule has 1 aromatic heterocycles. The molecule has 2 rings (SSSR count). The zero-order valence-electron chi connectivity index (χ0n) is 13.2. The van der Waals surface area contributed by atoms with Gasteiger partial charge in [-0.15, -0.1) is 0 Å². The van der Waals surface area contributed by atoms with Crippen molar-refractivity contribution in [3.8, 4) is 11.5 Å². The van der Waals surface area contributed by atoms with Crippen molar-refractivity contribution in [2.45, 2.75) is 26.3 Å². The molecule has 0 aliphatic rings. The highest BCUT2D eigenvalue weighted by Gasteiger charge is 2.22. The van der Waals surface area contributed by atoms with E-state index in [0.717, 1.165) is 22.8 Å². The van der Waals surface area contributed by atoms with Crippen LogP contribution in [0.3, 0.4) is 0 Å². The minimum absolute atomic E-state index is 0.0374. The first-order valence-electron chi connectivity index (χ1n) is 7.36. The molecule has 24 heavy (non-hydrogen) atoms. The highest BCUT2D eigenvalue weighted by molar-refractivity contribution is 5.71. The van der Waals surface area contributed by atoms with Crippen molar-refractivity contribution in [2.24, 2.45) is 5.92 Å². The second-order valence-corrected chi connectivity index (χ2v) is 5.77. The van der Waals surface area contributed by atoms with E-state index in [4.69, 9.17) is 4.74 Å². The summed E-state index contributed by atoms with van der Waals surface area (Å²) < 4.78 is 32.7. The maximum Gasteiger partial charge on any atom is 0.326 e. The molecule has 5 nitrogen and oxygen atoms in total. The summed E-state index contributed by atoms with van der Waals surface area (Å²) in [4.78, 5) is 23.5. The van der Waals surface area contributed by atoms with Crippen LogP contribution in [-0.2, 0) is 4.79 Å². The second-order valence-electron chi connectivity index (χ2n) is 5.77. The molecule has 1 unspecified atom stereocenters. The van der Waals surface area contributed by atoms with Gasteiger partial charge in [-0.25, -0.2) is 13.6 Å². The first-order chi connectivity index (χ1) is 11.3. The number of halogens is 2. The number of carbonyl (C=O) groups is 1. The molecule has 2 aromatic rings. The van der Waals surface area contributed by atoms with Crippen molar-refractivity contribution in [2.75, 3.05) is 0 Å². The van der Waals surface area contributed by atoms with Crippen LogP contribution in [0.5, 0.6) is 11.5 Å². The molecular weight excluding hydrogens is 320 g/mol. The number of carboxylic acid groups (broad SMARTS) is 1. The average molecular weight is 337 g/mol. The molecule has 0 bridgehead atoms. The number of rotatable bonds is 6. The molecule has 0 aliphatic heterocycles. The third-order valence-electron chi connectivity index (χ3n) is 3.36. The maximum atomic E-state index is 13.6. The van der Waals surface area contributed by atoms with Crippen molar-refractivity contribution < 1.29 is 23.4 Å². The van der Waals surface area contributed by atoms with Crippen LogP contribution in [-0.4, -0.2) is 15.6 Å². The van der Waals surface area contributed by atoms with Gasteiger partial charge in [0.1, 0.15) is 17.6 Å². The van der Waals surface area contributed by atoms with Gasteiger partial charge in [-0.2, -0.15) is 0 Å². The van der Waals surface area contributed by atoms with Crippen LogP contribution in [0.2, 0.25) is 0 Å². The van der Waals surface area contributed by atoms with Crippen LogP contribution in [0.25, 0.3) is 0 Å². The number of hydrogen-bond donors (Lipinski definition) is 1. The summed E-state index contributed by atoms with van der Waals surface area (Å²) in [5.41, 5.74) is -0.580. The predicted molar refractivity (Wildman–Crippen MR) is 83.3 cm³/mol. The third kappa shape index (κ3) is 4.18. The first kappa shape index (κ1) is 17.7. The Morgan fingerprint density at radius 2 is 1.96 bits per heavy atom. The molecule has 0 saturated heterocycles. The Labute approximate surface area is 137 Å². The lowest BCUT2D eigenvalue weighted by molar-refractivity contribution is -0.141. The van der Waals surface area contributed by atoms with Gasteiger partial charge in [0.2, 0.25) is 0 Å². The van der Waals surface area contributed by atoms with E-state index in [0.29, 0.717) is 12.5 Å². The van der Waals surface area contributed by atoms with Crippen LogP contribution < -0.4 is 10.3 Å². The van der Waals surface area contributed by atoms with Crippen molar-refractivity contribution in [3.63, 3.8) is 0 Å². The molecule has 0 fully saturated rings. The lowest BCUT2D eigenvalue weighted by atomic mass is 10.0. The monoisotopic (exact) mass is 337 g/mol. The van der Waals surface area contributed by atoms with Gasteiger partial charge in [0, 0.05) is 18.3 Å². The van der Waals surface area contributed by atoms with Crippen LogP contribution in [0.1, 0.15) is 26.3 Å². The van der Waals surface area contributed by atoms with Crippen molar-refractivity contribution in [1.29, 1.82) is 0 Å². The fourth-order valence-electron chi connectivity index (χ4n) is 2.26. The van der Waals surface area contributed by atoms with Crippen LogP contribution >= 0.6 is 0 Å². The van der Waals surface area contributed by atoms with E-state index in [1.165, 1.54) is 12.3 Å². The number of ether oxygens (including phenoxy) is 1. The van der Waals surface area contributed by atoms with E-state index >= 15 is 0 Å². The number of benzene rings is 1. The molecule has 0 radical (unpaired) electrons. The second kappa shape index (κ2) is 7.25. The summed E-state index contributed by atoms with van der Waals surface area (Å²) in [6.07, 6.45) is 1.59. The highest BCUT2D eigenvalue weighted by Crippen LogP contribution is 2.24. The van der Waals surface area contributed by atoms with E-state index in [2.05, 4.69) is 0 Å². The molecule has 1 aromatic carbocycles. The highest BCUT2D eigenvalue weighted by atomic mass is 19.1. The zero-order chi connectivity index (χ0) is 17.9. The summed E-state index contributed by atoms with van der Waals surface area (Å²) in [6, 6.07) is 4.24. The Bertz CT molecular complexity index is 801. The van der Waals surface area contributed by atoms with E-state index in [9.17, 15) is 23.5 Å². The topological polar surface area (TPSA) is 68.5 Å². The van der Waals surface area contributed by atoms with Gasteiger partial charge < -0.3 is 14.4 Å². The van der Waals surface area contributed by atoms with E-state index in [-0.39, 0.29) is 17.4 Å². The Morgan fingerprint density at radius 3 is 2.50 bits per heavy atom. The fourth-order valence-corrected chi connectivity index (χ4v) is 2.26. The Hall–Kier alpha value is -2.70. The van der Waals surface area contributed by atoms with Gasteiger partial charge in [0.05, 0.1) is 0 Å². The number of aromatic nitrogens is 1. The minimum atomic E-state index is -1.11. The van der Waals surface area contributed by atoms with Gasteiger partial charge in [0.15, 0.2) is 11.6 Å². The summed E-state index contributed by atoms with van der Waals surface area (Å²) in [5.74, 6) is -2.86. The van der Waals surface area contributed by atoms with Crippen molar-refractivity contribution in [1.82, 2.24) is 4.57 Å². The van der Waals surface area contributed by atoms with Crippen LogP contribution in [0, 0.1) is 17.6 Å². The summed E-state index contributed by atoms with van der Waals surface area (Å²) in [7, 11) is 0. The Morgan fingerprint density at radius 1 is 1.25 bits per heavy atom. The number of nitrogens with zero attached hydrogens (tertiary/aromatic N) is 1. The third-order valence-corrected chi connectivity index (χ3v) is 3.36. The summed E-state index contributed by atoms with van der Waals surface area (Å²) in [6.45, 7) is 3.71. The molecule has 128 valence electrons. The largest absolute Gasteiger partial charge is 0.480 e. The predicted octanol–water partition coefficient (Wildman–Crippen LogP) is 3.59. The smallest absolute Gasteiger partial charge is 0.326 e. The normalized spacial score (nSPS) is 12.2. The molecular formula is C17H17F2NO4. The molecule has 0 spiro atoms. The Balaban J connectivity index is 2.29. The minimum Gasteiger partial charge on any atom is -0.480 e. The zero-order valence-corrected chi connectivity index (χ0v) is 13.2. The van der Waals surface area contributed by atoms with E-state index in [1.807, 2.05) is 13.8 Å². The van der Waals surface area contributed by atoms with Crippen molar-refractivity contribution in [3.05, 3.63) is 58.5 Å². The van der Waals surface area contributed by atoms with Gasteiger partial charge in [-0.3, -0.25) is 4.79 Å². The number of pyridine rings is 1. The van der Waals surface area contributed by atoms with Crippen LogP contribution in [0.15, 0.2) is 41.3 Å². The molecule has 7 heteroatoms. The van der Waals surface area contributed by atoms with Gasteiger partial charge in [-0.1, -0.05) is 13.8 Å². The average Bonchev–Trinajstić information content (AvgIpc) is 2.48. The summed E-state index contributed by atoms with van der Waals surface area (Å²) in [5, 5.41) is 9.29. The van der Waals surface area contributed by atoms with Gasteiger partial charge in [0.25, 0.3) is 5.56 Å². The quantitative estimate of drug-likeness (QED) is 0.875. The maximum absolute atomic E-state index is 13.6. The first-order valence-corrected chi connectivity index (χ1v) is 7.36. The van der Waals surface area contributed by atoms with E-state index < -0.39 is 29.2 Å². The SMILES string of the molecule is CC(C)CC(C(=O)O)n1ccc(Oc2ccc(F)cc2F)cc1=O. The molecule has 1 atom stereocenters. The number of hydrogen-bond acceptors (Lipinski definition) is 3. The molecule has 0 aliphatic carbocycles. The van der Waals surface area contributed by atoms with Gasteiger partial charge >= 0.3 is 5.97 Å². The summed E-state index contributed by atoms with van der Waals surface area (Å²) >= 11 is 0. The number of carboxylic acids is 1. The van der Waals surface area contributed by atoms with E-state index in [1.54, 1.807) is 0 Å². The molecule has 0 amide bonds. The Kier molecular flexibility index (Phi) is 5.33.